The van der Waals surface area contributed by atoms with Gasteiger partial charge in [-0.3, -0.25) is 14.2 Å². The first-order chi connectivity index (χ1) is 13.1. The average molecular weight is 379 g/mol. The van der Waals surface area contributed by atoms with Crippen molar-refractivity contribution in [2.75, 3.05) is 14.1 Å². The molecule has 1 saturated carbocycles. The molecule has 1 aliphatic carbocycles. The Morgan fingerprint density at radius 1 is 1.11 bits per heavy atom. The number of thioether (sulfide) groups is 1. The summed E-state index contributed by atoms with van der Waals surface area (Å²) in [4.78, 5) is 32.3. The van der Waals surface area contributed by atoms with Gasteiger partial charge < -0.3 is 4.90 Å². The monoisotopic (exact) mass is 379 g/mol. The van der Waals surface area contributed by atoms with Crippen LogP contribution in [-0.4, -0.2) is 34.5 Å². The highest BCUT2D eigenvalue weighted by atomic mass is 32.2. The second-order valence-electron chi connectivity index (χ2n) is 6.96. The van der Waals surface area contributed by atoms with Crippen LogP contribution in [-0.2, 0) is 4.79 Å². The molecule has 0 bridgehead atoms. The van der Waals surface area contributed by atoms with E-state index in [1.165, 1.54) is 11.8 Å². The van der Waals surface area contributed by atoms with Gasteiger partial charge in [-0.05, 0) is 30.5 Å². The van der Waals surface area contributed by atoms with Gasteiger partial charge in [0.05, 0.1) is 10.9 Å². The van der Waals surface area contributed by atoms with E-state index in [1.54, 1.807) is 23.6 Å². The molecule has 0 spiro atoms. The average Bonchev–Trinajstić information content (AvgIpc) is 3.51. The number of aromatic nitrogens is 2. The second-order valence-corrected chi connectivity index (χ2v) is 8.03. The highest BCUT2D eigenvalue weighted by molar-refractivity contribution is 8.00. The van der Waals surface area contributed by atoms with E-state index < -0.39 is 5.25 Å². The first kappa shape index (κ1) is 17.8. The third kappa shape index (κ3) is 3.49. The summed E-state index contributed by atoms with van der Waals surface area (Å²) in [5, 5.41) is 0.800. The van der Waals surface area contributed by atoms with E-state index in [1.807, 2.05) is 54.6 Å². The molecule has 0 saturated heterocycles. The van der Waals surface area contributed by atoms with Crippen LogP contribution < -0.4 is 5.56 Å². The van der Waals surface area contributed by atoms with Crippen LogP contribution in [0.1, 0.15) is 29.7 Å². The van der Waals surface area contributed by atoms with E-state index >= 15 is 0 Å². The smallest absolute Gasteiger partial charge is 0.262 e. The lowest BCUT2D eigenvalue weighted by Gasteiger charge is -2.22. The Kier molecular flexibility index (Phi) is 4.74. The third-order valence-corrected chi connectivity index (χ3v) is 5.89. The van der Waals surface area contributed by atoms with Crippen LogP contribution in [0, 0.1) is 0 Å². The van der Waals surface area contributed by atoms with Crippen LogP contribution in [0.25, 0.3) is 10.9 Å². The van der Waals surface area contributed by atoms with E-state index in [-0.39, 0.29) is 17.5 Å². The van der Waals surface area contributed by atoms with E-state index in [0.29, 0.717) is 16.1 Å². The third-order valence-electron chi connectivity index (χ3n) is 4.68. The minimum atomic E-state index is -0.445. The first-order valence-electron chi connectivity index (χ1n) is 9.00. The Morgan fingerprint density at radius 2 is 1.78 bits per heavy atom. The molecule has 1 aliphatic rings. The Bertz CT molecular complexity index is 1040. The predicted molar refractivity (Wildman–Crippen MR) is 108 cm³/mol. The zero-order chi connectivity index (χ0) is 19.0. The van der Waals surface area contributed by atoms with Crippen LogP contribution in [0.2, 0.25) is 0 Å². The van der Waals surface area contributed by atoms with Crippen molar-refractivity contribution >= 4 is 28.6 Å². The summed E-state index contributed by atoms with van der Waals surface area (Å²) in [6, 6.07) is 17.3. The maximum Gasteiger partial charge on any atom is 0.262 e. The molecule has 5 nitrogen and oxygen atoms in total. The molecule has 1 atom stereocenters. The largest absolute Gasteiger partial charge is 0.348 e. The standard InChI is InChI=1S/C21H21N3O2S/c1-23(2)20(26)18(14-8-4-3-5-9-14)27-21-22-17-11-7-6-10-16(17)19(25)24(21)15-12-13-15/h3-11,15,18H,12-13H2,1-2H3/t18-/m0/s1. The topological polar surface area (TPSA) is 55.2 Å². The summed E-state index contributed by atoms with van der Waals surface area (Å²) in [7, 11) is 3.50. The fourth-order valence-electron chi connectivity index (χ4n) is 3.09. The van der Waals surface area contributed by atoms with Crippen LogP contribution in [0.3, 0.4) is 0 Å². The van der Waals surface area contributed by atoms with E-state index in [0.717, 1.165) is 18.4 Å². The molecule has 1 aromatic heterocycles. The molecule has 27 heavy (non-hydrogen) atoms. The summed E-state index contributed by atoms with van der Waals surface area (Å²) in [5.41, 5.74) is 1.56. The number of hydrogen-bond acceptors (Lipinski definition) is 4. The van der Waals surface area contributed by atoms with Gasteiger partial charge in [-0.1, -0.05) is 54.2 Å². The van der Waals surface area contributed by atoms with Crippen molar-refractivity contribution in [3.05, 3.63) is 70.5 Å². The Morgan fingerprint density at radius 3 is 2.44 bits per heavy atom. The number of benzene rings is 2. The minimum absolute atomic E-state index is 0.0176. The Labute approximate surface area is 162 Å². The molecule has 1 fully saturated rings. The number of amides is 1. The highest BCUT2D eigenvalue weighted by Gasteiger charge is 2.32. The molecule has 3 aromatic rings. The second kappa shape index (κ2) is 7.19. The lowest BCUT2D eigenvalue weighted by Crippen LogP contribution is -2.28. The van der Waals surface area contributed by atoms with Crippen LogP contribution >= 0.6 is 11.8 Å². The number of likely N-dealkylation sites (N-methyl/N-ethyl adjacent to an activating group) is 1. The van der Waals surface area contributed by atoms with E-state index in [2.05, 4.69) is 0 Å². The molecule has 0 unspecified atom stereocenters. The normalized spacial score (nSPS) is 14.9. The van der Waals surface area contributed by atoms with Crippen molar-refractivity contribution in [3.63, 3.8) is 0 Å². The SMILES string of the molecule is CN(C)C(=O)[C@@H](Sc1nc2ccccc2c(=O)n1C1CC1)c1ccccc1. The van der Waals surface area contributed by atoms with Gasteiger partial charge in [0, 0.05) is 20.1 Å². The molecule has 0 N–H and O–H groups in total. The lowest BCUT2D eigenvalue weighted by molar-refractivity contribution is -0.128. The number of para-hydroxylation sites is 1. The van der Waals surface area contributed by atoms with Crippen LogP contribution in [0.4, 0.5) is 0 Å². The van der Waals surface area contributed by atoms with Crippen molar-refractivity contribution in [2.24, 2.45) is 0 Å². The summed E-state index contributed by atoms with van der Waals surface area (Å²) in [6.07, 6.45) is 1.95. The maximum atomic E-state index is 13.1. The van der Waals surface area contributed by atoms with Gasteiger partial charge in [0.15, 0.2) is 5.16 Å². The fourth-order valence-corrected chi connectivity index (χ4v) is 4.40. The Hall–Kier alpha value is -2.60. The number of fused-ring (bicyclic) bond motifs is 1. The van der Waals surface area contributed by atoms with Gasteiger partial charge in [-0.2, -0.15) is 0 Å². The zero-order valence-electron chi connectivity index (χ0n) is 15.3. The number of nitrogens with zero attached hydrogens (tertiary/aromatic N) is 3. The molecule has 1 amide bonds. The Balaban J connectivity index is 1.84. The van der Waals surface area contributed by atoms with Gasteiger partial charge in [-0.15, -0.1) is 0 Å². The lowest BCUT2D eigenvalue weighted by atomic mass is 10.1. The van der Waals surface area contributed by atoms with Crippen molar-refractivity contribution in [1.29, 1.82) is 0 Å². The summed E-state index contributed by atoms with van der Waals surface area (Å²) < 4.78 is 1.78. The maximum absolute atomic E-state index is 13.1. The molecule has 0 aliphatic heterocycles. The van der Waals surface area contributed by atoms with Crippen molar-refractivity contribution in [2.45, 2.75) is 29.3 Å². The quantitative estimate of drug-likeness (QED) is 0.502. The molecule has 1 heterocycles. The molecular formula is C21H21N3O2S. The number of hydrogen-bond donors (Lipinski definition) is 0. The first-order valence-corrected chi connectivity index (χ1v) is 9.88. The molecule has 6 heteroatoms. The molecule has 0 radical (unpaired) electrons. The minimum Gasteiger partial charge on any atom is -0.348 e. The van der Waals surface area contributed by atoms with E-state index in [9.17, 15) is 9.59 Å². The number of carbonyl (C=O) groups excluding carboxylic acids is 1. The van der Waals surface area contributed by atoms with Crippen molar-refractivity contribution in [1.82, 2.24) is 14.5 Å². The van der Waals surface area contributed by atoms with Gasteiger partial charge in [0.2, 0.25) is 5.91 Å². The molecular weight excluding hydrogens is 358 g/mol. The summed E-state index contributed by atoms with van der Waals surface area (Å²) >= 11 is 1.36. The van der Waals surface area contributed by atoms with Crippen LogP contribution in [0.5, 0.6) is 0 Å². The van der Waals surface area contributed by atoms with Gasteiger partial charge in [0.25, 0.3) is 5.56 Å². The fraction of sp³-hybridized carbons (Fsp3) is 0.286. The molecule has 4 rings (SSSR count). The van der Waals surface area contributed by atoms with Gasteiger partial charge >= 0.3 is 0 Å². The van der Waals surface area contributed by atoms with Crippen molar-refractivity contribution in [3.8, 4) is 0 Å². The van der Waals surface area contributed by atoms with Gasteiger partial charge in [0.1, 0.15) is 5.25 Å². The van der Waals surface area contributed by atoms with Crippen molar-refractivity contribution < 1.29 is 4.79 Å². The summed E-state index contributed by atoms with van der Waals surface area (Å²) in [6.45, 7) is 0. The van der Waals surface area contributed by atoms with Gasteiger partial charge in [-0.25, -0.2) is 4.98 Å². The summed E-state index contributed by atoms with van der Waals surface area (Å²) in [5.74, 6) is -0.0176. The van der Waals surface area contributed by atoms with Crippen LogP contribution in [0.15, 0.2) is 64.5 Å². The predicted octanol–water partition coefficient (Wildman–Crippen LogP) is 3.65. The van der Waals surface area contributed by atoms with E-state index in [4.69, 9.17) is 4.98 Å². The highest BCUT2D eigenvalue weighted by Crippen LogP contribution is 2.41. The number of rotatable bonds is 5. The molecule has 2 aromatic carbocycles. The molecule has 138 valence electrons. The number of carbonyl (C=O) groups is 1. The zero-order valence-corrected chi connectivity index (χ0v) is 16.1.